The van der Waals surface area contributed by atoms with Crippen molar-refractivity contribution < 1.29 is 9.18 Å². The second-order valence-electron chi connectivity index (χ2n) is 8.64. The van der Waals surface area contributed by atoms with Crippen molar-refractivity contribution in [3.05, 3.63) is 71.8 Å². The first kappa shape index (κ1) is 21.4. The molecule has 5 rings (SSSR count). The lowest BCUT2D eigenvalue weighted by Gasteiger charge is -2.36. The fourth-order valence-corrected chi connectivity index (χ4v) is 4.52. The molecular formula is C26H28FN5O. The highest BCUT2D eigenvalue weighted by atomic mass is 19.1. The summed E-state index contributed by atoms with van der Waals surface area (Å²) in [7, 11) is 0. The summed E-state index contributed by atoms with van der Waals surface area (Å²) in [5.74, 6) is -0.306. The van der Waals surface area contributed by atoms with E-state index in [0.717, 1.165) is 66.6 Å². The van der Waals surface area contributed by atoms with Crippen LogP contribution in [0.4, 0.5) is 10.1 Å². The number of halogens is 1. The maximum atomic E-state index is 14.0. The molecule has 170 valence electrons. The van der Waals surface area contributed by atoms with Gasteiger partial charge in [-0.15, -0.1) is 0 Å². The summed E-state index contributed by atoms with van der Waals surface area (Å²) >= 11 is 0. The predicted octanol–water partition coefficient (Wildman–Crippen LogP) is 4.11. The molecule has 7 heteroatoms. The molecule has 2 aromatic heterocycles. The van der Waals surface area contributed by atoms with Gasteiger partial charge in [0.25, 0.3) is 5.91 Å². The topological polar surface area (TPSA) is 64.3 Å². The zero-order valence-corrected chi connectivity index (χ0v) is 18.8. The molecule has 2 aromatic carbocycles. The molecule has 0 unspecified atom stereocenters. The minimum absolute atomic E-state index is 0.142. The van der Waals surface area contributed by atoms with E-state index in [1.54, 1.807) is 6.07 Å². The number of pyridine rings is 1. The first-order valence-corrected chi connectivity index (χ1v) is 11.5. The Morgan fingerprint density at radius 3 is 2.64 bits per heavy atom. The van der Waals surface area contributed by atoms with Gasteiger partial charge in [-0.2, -0.15) is 0 Å². The fraction of sp³-hybridized carbons (Fsp3) is 0.308. The number of amides is 1. The van der Waals surface area contributed by atoms with E-state index in [1.807, 2.05) is 43.3 Å². The third kappa shape index (κ3) is 4.54. The Kier molecular flexibility index (Phi) is 5.96. The monoisotopic (exact) mass is 445 g/mol. The van der Waals surface area contributed by atoms with Gasteiger partial charge in [-0.1, -0.05) is 30.3 Å². The van der Waals surface area contributed by atoms with Crippen molar-refractivity contribution in [2.24, 2.45) is 0 Å². The molecule has 1 amide bonds. The number of hydrogen-bond acceptors (Lipinski definition) is 4. The molecular weight excluding hydrogens is 417 g/mol. The van der Waals surface area contributed by atoms with Gasteiger partial charge in [-0.3, -0.25) is 9.69 Å². The third-order valence-corrected chi connectivity index (χ3v) is 6.34. The van der Waals surface area contributed by atoms with Crippen LogP contribution in [0, 0.1) is 12.7 Å². The minimum Gasteiger partial charge on any atom is -0.367 e. The van der Waals surface area contributed by atoms with Crippen LogP contribution >= 0.6 is 0 Å². The van der Waals surface area contributed by atoms with Crippen molar-refractivity contribution in [1.29, 1.82) is 0 Å². The summed E-state index contributed by atoms with van der Waals surface area (Å²) in [5, 5.41) is 5.04. The number of aryl methyl sites for hydroxylation is 1. The van der Waals surface area contributed by atoms with Crippen LogP contribution in [0.5, 0.6) is 0 Å². The number of nitrogens with zero attached hydrogens (tertiary/aromatic N) is 3. The molecule has 0 spiro atoms. The maximum Gasteiger partial charge on any atom is 0.269 e. The van der Waals surface area contributed by atoms with Crippen LogP contribution in [-0.4, -0.2) is 60.0 Å². The number of benzene rings is 2. The minimum atomic E-state index is -0.163. The van der Waals surface area contributed by atoms with Gasteiger partial charge in [-0.05, 0) is 44.2 Å². The number of piperazine rings is 1. The highest BCUT2D eigenvalue weighted by Gasteiger charge is 2.19. The number of carbonyl (C=O) groups is 1. The average Bonchev–Trinajstić information content (AvgIpc) is 3.28. The number of carbonyl (C=O) groups excluding carboxylic acids is 1. The van der Waals surface area contributed by atoms with Gasteiger partial charge in [-0.25, -0.2) is 9.37 Å². The molecule has 2 N–H and O–H groups in total. The third-order valence-electron chi connectivity index (χ3n) is 6.34. The number of H-pyrrole nitrogens is 1. The lowest BCUT2D eigenvalue weighted by molar-refractivity contribution is 0.0947. The number of hydrogen-bond donors (Lipinski definition) is 2. The molecule has 1 saturated heterocycles. The van der Waals surface area contributed by atoms with E-state index in [4.69, 9.17) is 0 Å². The predicted molar refractivity (Wildman–Crippen MR) is 130 cm³/mol. The first-order chi connectivity index (χ1) is 16.1. The number of para-hydroxylation sites is 1. The smallest absolute Gasteiger partial charge is 0.269 e. The van der Waals surface area contributed by atoms with Crippen molar-refractivity contribution in [2.75, 3.05) is 44.2 Å². The summed E-state index contributed by atoms with van der Waals surface area (Å²) in [6.45, 7) is 6.91. The van der Waals surface area contributed by atoms with E-state index in [1.165, 1.54) is 6.07 Å². The second-order valence-corrected chi connectivity index (χ2v) is 8.64. The van der Waals surface area contributed by atoms with Crippen LogP contribution in [0.2, 0.25) is 0 Å². The summed E-state index contributed by atoms with van der Waals surface area (Å²) in [5.41, 5.74) is 3.97. The van der Waals surface area contributed by atoms with E-state index < -0.39 is 0 Å². The number of anilines is 1. The molecule has 1 aliphatic rings. The molecule has 0 radical (unpaired) electrons. The number of rotatable bonds is 6. The molecule has 33 heavy (non-hydrogen) atoms. The standard InChI is InChI=1S/C26H28FN5O/c1-18-7-8-19-9-10-20-17-22(30-25(20)24(19)29-18)26(33)28-11-4-12-31-13-15-32(16-14-31)23-6-3-2-5-21(23)27/h2-3,5-10,17,29H,4,11-16H2,1H3,(H,28,33). The van der Waals surface area contributed by atoms with Crippen molar-refractivity contribution in [2.45, 2.75) is 13.3 Å². The Hall–Kier alpha value is -3.45. The van der Waals surface area contributed by atoms with Crippen molar-refractivity contribution in [3.63, 3.8) is 0 Å². The lowest BCUT2D eigenvalue weighted by atomic mass is 10.1. The Morgan fingerprint density at radius 2 is 1.82 bits per heavy atom. The van der Waals surface area contributed by atoms with Crippen molar-refractivity contribution >= 4 is 33.4 Å². The zero-order valence-electron chi connectivity index (χ0n) is 18.8. The van der Waals surface area contributed by atoms with E-state index in [2.05, 4.69) is 31.2 Å². The van der Waals surface area contributed by atoms with Crippen LogP contribution in [0.25, 0.3) is 21.8 Å². The Bertz CT molecular complexity index is 1290. The van der Waals surface area contributed by atoms with E-state index >= 15 is 0 Å². The van der Waals surface area contributed by atoms with E-state index in [9.17, 15) is 9.18 Å². The maximum absolute atomic E-state index is 14.0. The number of aromatic amines is 1. The highest BCUT2D eigenvalue weighted by Crippen LogP contribution is 2.24. The summed E-state index contributed by atoms with van der Waals surface area (Å²) < 4.78 is 14.0. The molecule has 0 saturated carbocycles. The molecule has 0 aliphatic carbocycles. The quantitative estimate of drug-likeness (QED) is 0.439. The molecule has 4 aromatic rings. The van der Waals surface area contributed by atoms with Gasteiger partial charge >= 0.3 is 0 Å². The molecule has 0 bridgehead atoms. The molecule has 0 atom stereocenters. The van der Waals surface area contributed by atoms with E-state index in [0.29, 0.717) is 17.9 Å². The second kappa shape index (κ2) is 9.19. The van der Waals surface area contributed by atoms with Crippen LogP contribution in [-0.2, 0) is 0 Å². The first-order valence-electron chi connectivity index (χ1n) is 11.5. The fourth-order valence-electron chi connectivity index (χ4n) is 4.52. The SMILES string of the molecule is Cc1ccc2ccc3cc(C(=O)NCCCN4CCN(c5ccccc5F)CC4)nc3c2[nH]1. The highest BCUT2D eigenvalue weighted by molar-refractivity contribution is 6.07. The largest absolute Gasteiger partial charge is 0.367 e. The summed E-state index contributed by atoms with van der Waals surface area (Å²) in [4.78, 5) is 25.1. The Morgan fingerprint density at radius 1 is 1.06 bits per heavy atom. The van der Waals surface area contributed by atoms with Crippen LogP contribution < -0.4 is 10.2 Å². The molecule has 1 aliphatic heterocycles. The van der Waals surface area contributed by atoms with Gasteiger partial charge < -0.3 is 15.2 Å². The van der Waals surface area contributed by atoms with Gasteiger partial charge in [0, 0.05) is 49.2 Å². The molecule has 1 fully saturated rings. The van der Waals surface area contributed by atoms with Crippen LogP contribution in [0.15, 0.2) is 54.6 Å². The van der Waals surface area contributed by atoms with Gasteiger partial charge in [0.2, 0.25) is 0 Å². The van der Waals surface area contributed by atoms with Gasteiger partial charge in [0.1, 0.15) is 11.5 Å². The summed E-state index contributed by atoms with van der Waals surface area (Å²) in [6.07, 6.45) is 0.863. The zero-order chi connectivity index (χ0) is 22.8. The van der Waals surface area contributed by atoms with Crippen molar-refractivity contribution in [3.8, 4) is 0 Å². The average molecular weight is 446 g/mol. The number of aromatic nitrogens is 2. The van der Waals surface area contributed by atoms with Gasteiger partial charge in [0.15, 0.2) is 0 Å². The Balaban J connectivity index is 1.12. The lowest BCUT2D eigenvalue weighted by Crippen LogP contribution is -2.47. The number of fused-ring (bicyclic) bond motifs is 3. The number of nitrogens with one attached hydrogen (secondary N) is 2. The molecule has 3 heterocycles. The van der Waals surface area contributed by atoms with Crippen molar-refractivity contribution in [1.82, 2.24) is 20.2 Å². The van der Waals surface area contributed by atoms with Crippen LogP contribution in [0.1, 0.15) is 22.6 Å². The summed E-state index contributed by atoms with van der Waals surface area (Å²) in [6, 6.07) is 16.9. The van der Waals surface area contributed by atoms with Gasteiger partial charge in [0.05, 0.1) is 16.7 Å². The van der Waals surface area contributed by atoms with E-state index in [-0.39, 0.29) is 11.7 Å². The Labute approximate surface area is 192 Å². The molecule has 6 nitrogen and oxygen atoms in total. The van der Waals surface area contributed by atoms with Crippen LogP contribution in [0.3, 0.4) is 0 Å². The normalized spacial score (nSPS) is 14.8.